The number of Topliss-reactive ketones (excluding diaryl/α,β-unsaturated/α-hetero) is 1. The Bertz CT molecular complexity index is 745. The Hall–Kier alpha value is -2.60. The summed E-state index contributed by atoms with van der Waals surface area (Å²) in [5, 5.41) is 4.45. The third-order valence-corrected chi connectivity index (χ3v) is 3.70. The van der Waals surface area contributed by atoms with E-state index in [1.54, 1.807) is 29.6 Å². The van der Waals surface area contributed by atoms with Crippen molar-refractivity contribution in [2.45, 2.75) is 19.9 Å². The lowest BCUT2D eigenvalue weighted by Crippen LogP contribution is -2.86. The number of rotatable bonds is 6. The molecule has 0 aliphatic heterocycles. The van der Waals surface area contributed by atoms with E-state index in [1.807, 2.05) is 6.92 Å². The highest BCUT2D eigenvalue weighted by Gasteiger charge is 2.14. The minimum absolute atomic E-state index is 0.0402. The number of quaternary nitrogens is 1. The fourth-order valence-corrected chi connectivity index (χ4v) is 2.22. The van der Waals surface area contributed by atoms with Crippen molar-refractivity contribution in [3.8, 4) is 0 Å². The lowest BCUT2D eigenvalue weighted by atomic mass is 10.1. The molecule has 0 fully saturated rings. The number of carbonyl (C=O) groups is 2. The highest BCUT2D eigenvalue weighted by atomic mass is 19.2. The van der Waals surface area contributed by atoms with Gasteiger partial charge >= 0.3 is 0 Å². The van der Waals surface area contributed by atoms with Crippen LogP contribution in [0, 0.1) is 11.6 Å². The molecular weight excluding hydrogens is 314 g/mol. The van der Waals surface area contributed by atoms with Crippen molar-refractivity contribution >= 4 is 17.4 Å². The van der Waals surface area contributed by atoms with Gasteiger partial charge in [-0.3, -0.25) is 9.59 Å². The first-order valence-corrected chi connectivity index (χ1v) is 7.56. The molecule has 2 aromatic rings. The molecule has 0 saturated heterocycles. The van der Waals surface area contributed by atoms with Crippen LogP contribution in [0.15, 0.2) is 42.5 Å². The minimum Gasteiger partial charge on any atom is -0.333 e. The van der Waals surface area contributed by atoms with Crippen LogP contribution < -0.4 is 10.6 Å². The van der Waals surface area contributed by atoms with Crippen LogP contribution in [0.5, 0.6) is 0 Å². The fourth-order valence-electron chi connectivity index (χ4n) is 2.22. The number of benzene rings is 2. The van der Waals surface area contributed by atoms with Gasteiger partial charge < -0.3 is 10.6 Å². The Morgan fingerprint density at radius 3 is 2.33 bits per heavy atom. The van der Waals surface area contributed by atoms with Gasteiger partial charge in [0.1, 0.15) is 6.04 Å². The van der Waals surface area contributed by atoms with Crippen molar-refractivity contribution in [1.82, 2.24) is 0 Å². The zero-order valence-electron chi connectivity index (χ0n) is 13.5. The lowest BCUT2D eigenvalue weighted by molar-refractivity contribution is -0.682. The van der Waals surface area contributed by atoms with E-state index in [1.165, 1.54) is 13.0 Å². The van der Waals surface area contributed by atoms with Crippen LogP contribution in [0.25, 0.3) is 0 Å². The van der Waals surface area contributed by atoms with E-state index in [4.69, 9.17) is 0 Å². The fraction of sp³-hybridized carbons (Fsp3) is 0.222. The van der Waals surface area contributed by atoms with Crippen LogP contribution in [0.2, 0.25) is 0 Å². The van der Waals surface area contributed by atoms with E-state index in [0.29, 0.717) is 16.8 Å². The third kappa shape index (κ3) is 4.70. The number of hydrogen-bond donors (Lipinski definition) is 2. The molecular formula is C18H19F2N2O2+. The van der Waals surface area contributed by atoms with Crippen LogP contribution >= 0.6 is 0 Å². The zero-order chi connectivity index (χ0) is 17.7. The molecule has 2 aromatic carbocycles. The topological polar surface area (TPSA) is 62.8 Å². The molecule has 0 bridgehead atoms. The zero-order valence-corrected chi connectivity index (χ0v) is 13.5. The summed E-state index contributed by atoms with van der Waals surface area (Å²) in [7, 11) is 0. The van der Waals surface area contributed by atoms with Crippen LogP contribution in [0.3, 0.4) is 0 Å². The maximum Gasteiger partial charge on any atom is 0.279 e. The number of hydrogen-bond acceptors (Lipinski definition) is 2. The van der Waals surface area contributed by atoms with Crippen LogP contribution in [-0.2, 0) is 4.79 Å². The number of carbonyl (C=O) groups excluding carboxylic acids is 2. The van der Waals surface area contributed by atoms with Crippen LogP contribution in [0.1, 0.15) is 35.8 Å². The van der Waals surface area contributed by atoms with Crippen LogP contribution in [-0.4, -0.2) is 18.2 Å². The van der Waals surface area contributed by atoms with Crippen LogP contribution in [0.4, 0.5) is 14.5 Å². The SMILES string of the molecule is CC(=O)c1ccc(NC(=O)C[NH2+][C@@H](C)c2ccc(F)c(F)c2)cc1. The van der Waals surface area contributed by atoms with Crippen molar-refractivity contribution in [2.24, 2.45) is 0 Å². The molecule has 4 nitrogen and oxygen atoms in total. The van der Waals surface area contributed by atoms with Gasteiger partial charge in [-0.1, -0.05) is 0 Å². The molecule has 2 rings (SSSR count). The van der Waals surface area contributed by atoms with Gasteiger partial charge in [0, 0.05) is 16.8 Å². The van der Waals surface area contributed by atoms with Gasteiger partial charge in [0.25, 0.3) is 5.91 Å². The average molecular weight is 333 g/mol. The molecule has 0 saturated carbocycles. The lowest BCUT2D eigenvalue weighted by Gasteiger charge is -2.11. The maximum absolute atomic E-state index is 13.2. The van der Waals surface area contributed by atoms with E-state index < -0.39 is 11.6 Å². The predicted octanol–water partition coefficient (Wildman–Crippen LogP) is 2.43. The molecule has 0 spiro atoms. The van der Waals surface area contributed by atoms with Crippen molar-refractivity contribution in [2.75, 3.05) is 11.9 Å². The summed E-state index contributed by atoms with van der Waals surface area (Å²) in [6.45, 7) is 3.42. The standard InChI is InChI=1S/C18H18F2N2O2/c1-11(14-5-8-16(19)17(20)9-14)21-10-18(24)22-15-6-3-13(4-7-15)12(2)23/h3-9,11,21H,10H2,1-2H3,(H,22,24)/p+1/t11-/m0/s1. The predicted molar refractivity (Wildman–Crippen MR) is 86.6 cm³/mol. The van der Waals surface area contributed by atoms with Gasteiger partial charge in [0.15, 0.2) is 24.0 Å². The highest BCUT2D eigenvalue weighted by molar-refractivity contribution is 5.95. The first-order valence-electron chi connectivity index (χ1n) is 7.56. The summed E-state index contributed by atoms with van der Waals surface area (Å²) in [5.74, 6) is -2.05. The van der Waals surface area contributed by atoms with Crippen molar-refractivity contribution < 1.29 is 23.7 Å². The van der Waals surface area contributed by atoms with Crippen molar-refractivity contribution in [3.05, 3.63) is 65.2 Å². The third-order valence-electron chi connectivity index (χ3n) is 3.70. The molecule has 6 heteroatoms. The normalized spacial score (nSPS) is 11.8. The number of amides is 1. The highest BCUT2D eigenvalue weighted by Crippen LogP contribution is 2.13. The monoisotopic (exact) mass is 333 g/mol. The van der Waals surface area contributed by atoms with Gasteiger partial charge in [0.05, 0.1) is 0 Å². The summed E-state index contributed by atoms with van der Waals surface area (Å²) in [6.07, 6.45) is 0. The van der Waals surface area contributed by atoms with Crippen molar-refractivity contribution in [3.63, 3.8) is 0 Å². The Labute approximate surface area is 138 Å². The van der Waals surface area contributed by atoms with Gasteiger partial charge in [-0.25, -0.2) is 8.78 Å². The second kappa shape index (κ2) is 7.79. The molecule has 3 N–H and O–H groups in total. The van der Waals surface area contributed by atoms with Gasteiger partial charge in [-0.15, -0.1) is 0 Å². The van der Waals surface area contributed by atoms with E-state index in [0.717, 1.165) is 12.1 Å². The van der Waals surface area contributed by atoms with Gasteiger partial charge in [0.2, 0.25) is 0 Å². The molecule has 0 aromatic heterocycles. The molecule has 0 unspecified atom stereocenters. The first-order chi connectivity index (χ1) is 11.4. The number of ketones is 1. The summed E-state index contributed by atoms with van der Waals surface area (Å²) < 4.78 is 26.1. The van der Waals surface area contributed by atoms with Gasteiger partial charge in [-0.05, 0) is 56.3 Å². The minimum atomic E-state index is -0.900. The summed E-state index contributed by atoms with van der Waals surface area (Å²) in [4.78, 5) is 23.1. The average Bonchev–Trinajstić information content (AvgIpc) is 2.55. The Balaban J connectivity index is 1.88. The van der Waals surface area contributed by atoms with E-state index >= 15 is 0 Å². The smallest absolute Gasteiger partial charge is 0.279 e. The van der Waals surface area contributed by atoms with E-state index in [2.05, 4.69) is 5.32 Å². The largest absolute Gasteiger partial charge is 0.333 e. The molecule has 1 atom stereocenters. The number of nitrogens with one attached hydrogen (secondary N) is 1. The summed E-state index contributed by atoms with van der Waals surface area (Å²) in [5.41, 5.74) is 1.78. The van der Waals surface area contributed by atoms with E-state index in [-0.39, 0.29) is 24.3 Å². The molecule has 0 aliphatic carbocycles. The van der Waals surface area contributed by atoms with E-state index in [9.17, 15) is 18.4 Å². The summed E-state index contributed by atoms with van der Waals surface area (Å²) in [6, 6.07) is 10.1. The Kier molecular flexibility index (Phi) is 5.76. The number of nitrogens with two attached hydrogens (primary N) is 1. The summed E-state index contributed by atoms with van der Waals surface area (Å²) >= 11 is 0. The maximum atomic E-state index is 13.2. The second-order valence-electron chi connectivity index (χ2n) is 5.58. The second-order valence-corrected chi connectivity index (χ2v) is 5.58. The van der Waals surface area contributed by atoms with Crippen molar-refractivity contribution in [1.29, 1.82) is 0 Å². The molecule has 0 radical (unpaired) electrons. The quantitative estimate of drug-likeness (QED) is 0.798. The molecule has 24 heavy (non-hydrogen) atoms. The molecule has 126 valence electrons. The number of halogens is 2. The Morgan fingerprint density at radius 2 is 1.75 bits per heavy atom. The molecule has 1 amide bonds. The van der Waals surface area contributed by atoms with Gasteiger partial charge in [-0.2, -0.15) is 0 Å². The first kappa shape index (κ1) is 17.7. The molecule has 0 aliphatic rings. The molecule has 0 heterocycles. The Morgan fingerprint density at radius 1 is 1.08 bits per heavy atom. The number of anilines is 1.